The average molecular weight is 379 g/mol. The highest BCUT2D eigenvalue weighted by atomic mass is 16.5. The molecular formula is C21H21N3O4. The number of hydrogen-bond acceptors (Lipinski definition) is 6. The molecule has 0 fully saturated rings. The molecule has 7 heteroatoms. The van der Waals surface area contributed by atoms with Crippen molar-refractivity contribution in [2.45, 2.75) is 6.54 Å². The number of methoxy groups -OCH3 is 2. The van der Waals surface area contributed by atoms with Crippen LogP contribution in [0.3, 0.4) is 0 Å². The minimum absolute atomic E-state index is 0.185. The number of para-hydroxylation sites is 1. The van der Waals surface area contributed by atoms with Crippen molar-refractivity contribution in [3.05, 3.63) is 66.1 Å². The van der Waals surface area contributed by atoms with E-state index in [2.05, 4.69) is 10.1 Å². The minimum atomic E-state index is -0.185. The average Bonchev–Trinajstić information content (AvgIpc) is 3.20. The molecule has 28 heavy (non-hydrogen) atoms. The number of ether oxygens (including phenoxy) is 2. The van der Waals surface area contributed by atoms with E-state index in [1.54, 1.807) is 27.3 Å². The second kappa shape index (κ2) is 8.85. The van der Waals surface area contributed by atoms with Gasteiger partial charge in [-0.25, -0.2) is 0 Å². The predicted octanol–water partition coefficient (Wildman–Crippen LogP) is 3.43. The number of carbonyl (C=O) groups is 1. The summed E-state index contributed by atoms with van der Waals surface area (Å²) in [6.07, 6.45) is 3.20. The van der Waals surface area contributed by atoms with Gasteiger partial charge < -0.3 is 18.9 Å². The molecule has 0 aliphatic carbocycles. The Kier molecular flexibility index (Phi) is 6.06. The first-order valence-electron chi connectivity index (χ1n) is 8.64. The highest BCUT2D eigenvalue weighted by Gasteiger charge is 2.13. The number of likely N-dealkylation sites (N-methyl/N-ethyl adjacent to an activating group) is 1. The topological polar surface area (TPSA) is 77.7 Å². The Morgan fingerprint density at radius 1 is 1.11 bits per heavy atom. The van der Waals surface area contributed by atoms with E-state index in [1.165, 1.54) is 11.0 Å². The summed E-state index contributed by atoms with van der Waals surface area (Å²) in [5.41, 5.74) is 1.63. The normalized spacial score (nSPS) is 10.8. The van der Waals surface area contributed by atoms with Crippen LogP contribution in [0, 0.1) is 0 Å². The molecule has 0 spiro atoms. The second-order valence-corrected chi connectivity index (χ2v) is 6.01. The van der Waals surface area contributed by atoms with Gasteiger partial charge in [-0.05, 0) is 36.4 Å². The standard InChI is InChI=1S/C21H21N3O4/c1-24(20(25)13-10-15-6-4-5-7-18(15)27-3)14-19-22-21(23-28-19)16-8-11-17(26-2)12-9-16/h4-13H,14H2,1-3H3/b13-10+. The summed E-state index contributed by atoms with van der Waals surface area (Å²) < 4.78 is 15.7. The predicted molar refractivity (Wildman–Crippen MR) is 105 cm³/mol. The number of nitrogens with zero attached hydrogens (tertiary/aromatic N) is 3. The molecule has 2 aromatic carbocycles. The fourth-order valence-electron chi connectivity index (χ4n) is 2.55. The molecule has 0 saturated heterocycles. The molecule has 0 N–H and O–H groups in total. The quantitative estimate of drug-likeness (QED) is 0.586. The third kappa shape index (κ3) is 4.56. The third-order valence-electron chi connectivity index (χ3n) is 4.11. The van der Waals surface area contributed by atoms with Crippen LogP contribution < -0.4 is 9.47 Å². The Bertz CT molecular complexity index is 964. The zero-order valence-corrected chi connectivity index (χ0v) is 16.0. The molecule has 7 nitrogen and oxygen atoms in total. The van der Waals surface area contributed by atoms with Gasteiger partial charge in [0.25, 0.3) is 0 Å². The van der Waals surface area contributed by atoms with Crippen LogP contribution in [-0.4, -0.2) is 42.2 Å². The fourth-order valence-corrected chi connectivity index (χ4v) is 2.55. The van der Waals surface area contributed by atoms with Crippen LogP contribution in [0.2, 0.25) is 0 Å². The maximum absolute atomic E-state index is 12.4. The lowest BCUT2D eigenvalue weighted by molar-refractivity contribution is -0.125. The van der Waals surface area contributed by atoms with E-state index >= 15 is 0 Å². The van der Waals surface area contributed by atoms with Crippen LogP contribution in [0.25, 0.3) is 17.5 Å². The molecule has 0 saturated carbocycles. The first-order chi connectivity index (χ1) is 13.6. The summed E-state index contributed by atoms with van der Waals surface area (Å²) in [4.78, 5) is 18.2. The minimum Gasteiger partial charge on any atom is -0.497 e. The highest BCUT2D eigenvalue weighted by molar-refractivity contribution is 5.91. The molecule has 0 radical (unpaired) electrons. The molecule has 3 aromatic rings. The molecule has 0 aliphatic heterocycles. The summed E-state index contributed by atoms with van der Waals surface area (Å²) in [5, 5.41) is 3.97. The van der Waals surface area contributed by atoms with Crippen LogP contribution in [-0.2, 0) is 11.3 Å². The van der Waals surface area contributed by atoms with Gasteiger partial charge in [0, 0.05) is 24.3 Å². The molecule has 0 bridgehead atoms. The first-order valence-corrected chi connectivity index (χ1v) is 8.64. The number of benzene rings is 2. The summed E-state index contributed by atoms with van der Waals surface area (Å²) in [6, 6.07) is 14.8. The van der Waals surface area contributed by atoms with E-state index in [4.69, 9.17) is 14.0 Å². The summed E-state index contributed by atoms with van der Waals surface area (Å²) >= 11 is 0. The van der Waals surface area contributed by atoms with Crippen molar-refractivity contribution in [2.24, 2.45) is 0 Å². The molecule has 144 valence electrons. The van der Waals surface area contributed by atoms with E-state index in [-0.39, 0.29) is 12.5 Å². The third-order valence-corrected chi connectivity index (χ3v) is 4.11. The van der Waals surface area contributed by atoms with Crippen molar-refractivity contribution >= 4 is 12.0 Å². The largest absolute Gasteiger partial charge is 0.497 e. The number of amides is 1. The lowest BCUT2D eigenvalue weighted by atomic mass is 10.2. The van der Waals surface area contributed by atoms with E-state index in [1.807, 2.05) is 48.5 Å². The van der Waals surface area contributed by atoms with Crippen LogP contribution in [0.5, 0.6) is 11.5 Å². The second-order valence-electron chi connectivity index (χ2n) is 6.01. The molecule has 1 amide bonds. The number of carbonyl (C=O) groups excluding carboxylic acids is 1. The zero-order valence-electron chi connectivity index (χ0n) is 16.0. The van der Waals surface area contributed by atoms with E-state index in [0.29, 0.717) is 17.5 Å². The Labute approximate surface area is 163 Å². The van der Waals surface area contributed by atoms with Crippen molar-refractivity contribution in [3.8, 4) is 22.9 Å². The molecular weight excluding hydrogens is 358 g/mol. The Hall–Kier alpha value is -3.61. The van der Waals surface area contributed by atoms with Gasteiger partial charge in [0.05, 0.1) is 20.8 Å². The summed E-state index contributed by atoms with van der Waals surface area (Å²) in [7, 11) is 4.87. The Morgan fingerprint density at radius 2 is 1.86 bits per heavy atom. The van der Waals surface area contributed by atoms with Gasteiger partial charge in [0.1, 0.15) is 11.5 Å². The molecule has 0 atom stereocenters. The maximum atomic E-state index is 12.4. The van der Waals surface area contributed by atoms with Gasteiger partial charge in [0.2, 0.25) is 17.6 Å². The van der Waals surface area contributed by atoms with Crippen LogP contribution in [0.15, 0.2) is 59.1 Å². The van der Waals surface area contributed by atoms with E-state index in [9.17, 15) is 4.79 Å². The van der Waals surface area contributed by atoms with Gasteiger partial charge in [-0.1, -0.05) is 23.4 Å². The number of hydrogen-bond donors (Lipinski definition) is 0. The summed E-state index contributed by atoms with van der Waals surface area (Å²) in [5.74, 6) is 2.08. The van der Waals surface area contributed by atoms with Crippen LogP contribution in [0.4, 0.5) is 0 Å². The van der Waals surface area contributed by atoms with Crippen molar-refractivity contribution in [1.82, 2.24) is 15.0 Å². The van der Waals surface area contributed by atoms with E-state index in [0.717, 1.165) is 16.9 Å². The number of aromatic nitrogens is 2. The van der Waals surface area contributed by atoms with Crippen molar-refractivity contribution in [2.75, 3.05) is 21.3 Å². The molecule has 0 aliphatic rings. The fraction of sp³-hybridized carbons (Fsp3) is 0.190. The SMILES string of the molecule is COc1ccc(-c2noc(CN(C)C(=O)/C=C/c3ccccc3OC)n2)cc1. The van der Waals surface area contributed by atoms with Gasteiger partial charge in [0.15, 0.2) is 0 Å². The smallest absolute Gasteiger partial charge is 0.246 e. The lowest BCUT2D eigenvalue weighted by Gasteiger charge is -2.12. The maximum Gasteiger partial charge on any atom is 0.246 e. The van der Waals surface area contributed by atoms with Crippen molar-refractivity contribution in [1.29, 1.82) is 0 Å². The molecule has 3 rings (SSSR count). The first kappa shape index (κ1) is 19.2. The molecule has 0 unspecified atom stereocenters. The van der Waals surface area contributed by atoms with Crippen LogP contribution in [0.1, 0.15) is 11.5 Å². The molecule has 1 aromatic heterocycles. The van der Waals surface area contributed by atoms with Crippen LogP contribution >= 0.6 is 0 Å². The number of rotatable bonds is 7. The monoisotopic (exact) mass is 379 g/mol. The van der Waals surface area contributed by atoms with Crippen molar-refractivity contribution < 1.29 is 18.8 Å². The lowest BCUT2D eigenvalue weighted by Crippen LogP contribution is -2.24. The van der Waals surface area contributed by atoms with E-state index < -0.39 is 0 Å². The van der Waals surface area contributed by atoms with Gasteiger partial charge in [-0.3, -0.25) is 4.79 Å². The van der Waals surface area contributed by atoms with Gasteiger partial charge >= 0.3 is 0 Å². The summed E-state index contributed by atoms with van der Waals surface area (Å²) in [6.45, 7) is 0.207. The Balaban J connectivity index is 1.64. The van der Waals surface area contributed by atoms with Crippen molar-refractivity contribution in [3.63, 3.8) is 0 Å². The molecule has 1 heterocycles. The highest BCUT2D eigenvalue weighted by Crippen LogP contribution is 2.20. The Morgan fingerprint density at radius 3 is 2.57 bits per heavy atom. The van der Waals surface area contributed by atoms with Gasteiger partial charge in [-0.15, -0.1) is 0 Å². The zero-order chi connectivity index (χ0) is 19.9. The van der Waals surface area contributed by atoms with Gasteiger partial charge in [-0.2, -0.15) is 4.98 Å².